The molecule has 0 saturated carbocycles. The van der Waals surface area contributed by atoms with Crippen LogP contribution in [0.25, 0.3) is 0 Å². The van der Waals surface area contributed by atoms with Gasteiger partial charge >= 0.3 is 0 Å². The van der Waals surface area contributed by atoms with E-state index in [0.717, 1.165) is 13.2 Å². The molecule has 0 atom stereocenters. The summed E-state index contributed by atoms with van der Waals surface area (Å²) in [5.41, 5.74) is 0. The number of ether oxygens (including phenoxy) is 1. The summed E-state index contributed by atoms with van der Waals surface area (Å²) in [6.07, 6.45) is 0. The minimum atomic E-state index is 0.00139. The van der Waals surface area contributed by atoms with Gasteiger partial charge in [0.2, 0.25) is 5.91 Å². The van der Waals surface area contributed by atoms with Crippen LogP contribution in [0.1, 0.15) is 6.92 Å². The van der Waals surface area contributed by atoms with Crippen LogP contribution in [0, 0.1) is 0 Å². The fourth-order valence-corrected chi connectivity index (χ4v) is 0.579. The topological polar surface area (TPSA) is 50.4 Å². The molecule has 0 aliphatic heterocycles. The molecule has 0 spiro atoms. The van der Waals surface area contributed by atoms with Crippen molar-refractivity contribution < 1.29 is 9.53 Å². The van der Waals surface area contributed by atoms with E-state index in [4.69, 9.17) is 4.74 Å². The second kappa shape index (κ2) is 7.50. The molecule has 66 valence electrons. The Hall–Kier alpha value is -0.610. The van der Waals surface area contributed by atoms with Crippen molar-refractivity contribution in [3.63, 3.8) is 0 Å². The molecule has 0 unspecified atom stereocenters. The predicted octanol–water partition coefficient (Wildman–Crippen LogP) is -0.641. The first-order chi connectivity index (χ1) is 5.31. The molecule has 0 aliphatic rings. The Balaban J connectivity index is 2.95. The summed E-state index contributed by atoms with van der Waals surface area (Å²) < 4.78 is 5.05. The molecule has 0 heterocycles. The maximum absolute atomic E-state index is 10.6. The highest BCUT2D eigenvalue weighted by Crippen LogP contribution is 1.69. The van der Waals surface area contributed by atoms with E-state index in [2.05, 4.69) is 10.6 Å². The van der Waals surface area contributed by atoms with Gasteiger partial charge in [0.1, 0.15) is 0 Å². The Morgan fingerprint density at radius 2 is 2.27 bits per heavy atom. The van der Waals surface area contributed by atoms with Gasteiger partial charge in [0.15, 0.2) is 0 Å². The van der Waals surface area contributed by atoms with Gasteiger partial charge in [-0.15, -0.1) is 0 Å². The Kier molecular flexibility index (Phi) is 7.08. The molecule has 0 radical (unpaired) electrons. The molecule has 0 aromatic rings. The number of amides is 1. The summed E-state index contributed by atoms with van der Waals surface area (Å²) >= 11 is 0. The van der Waals surface area contributed by atoms with Crippen LogP contribution in [-0.4, -0.2) is 39.3 Å². The summed E-state index contributed by atoms with van der Waals surface area (Å²) in [5, 5.41) is 5.45. The molecule has 0 bridgehead atoms. The summed E-state index contributed by atoms with van der Waals surface area (Å²) in [4.78, 5) is 10.6. The Morgan fingerprint density at radius 3 is 2.82 bits per heavy atom. The van der Waals surface area contributed by atoms with Gasteiger partial charge in [-0.2, -0.15) is 0 Å². The lowest BCUT2D eigenvalue weighted by molar-refractivity contribution is -0.119. The normalized spacial score (nSPS) is 9.64. The number of hydrogen-bond donors (Lipinski definition) is 2. The fraction of sp³-hybridized carbons (Fsp3) is 0.857. The maximum Gasteiger partial charge on any atom is 0.233 e. The lowest BCUT2D eigenvalue weighted by atomic mass is 10.5. The molecule has 0 rings (SSSR count). The third kappa shape index (κ3) is 7.29. The smallest absolute Gasteiger partial charge is 0.233 e. The molecule has 0 aromatic carbocycles. The van der Waals surface area contributed by atoms with Crippen molar-refractivity contribution in [1.29, 1.82) is 0 Å². The zero-order valence-corrected chi connectivity index (χ0v) is 7.14. The van der Waals surface area contributed by atoms with E-state index in [-0.39, 0.29) is 5.91 Å². The molecular formula is C7H16N2O2. The minimum absolute atomic E-state index is 0.00139. The molecule has 4 nitrogen and oxygen atoms in total. The fourth-order valence-electron chi connectivity index (χ4n) is 0.579. The Morgan fingerprint density at radius 1 is 1.55 bits per heavy atom. The zero-order valence-electron chi connectivity index (χ0n) is 7.14. The van der Waals surface area contributed by atoms with E-state index in [1.165, 1.54) is 0 Å². The first kappa shape index (κ1) is 10.4. The van der Waals surface area contributed by atoms with Crippen molar-refractivity contribution in [2.45, 2.75) is 6.92 Å². The molecule has 2 N–H and O–H groups in total. The standard InChI is InChI=1S/C7H16N2O2/c1-3-11-5-4-9-6-7(10)8-2/h9H,3-6H2,1-2H3,(H,8,10). The summed E-state index contributed by atoms with van der Waals surface area (Å²) in [6.45, 7) is 4.42. The average molecular weight is 160 g/mol. The lowest BCUT2D eigenvalue weighted by Crippen LogP contribution is -2.33. The van der Waals surface area contributed by atoms with Crippen LogP contribution in [0.4, 0.5) is 0 Å². The molecule has 0 saturated heterocycles. The highest BCUT2D eigenvalue weighted by molar-refractivity contribution is 5.77. The Bertz CT molecular complexity index is 107. The summed E-state index contributed by atoms with van der Waals surface area (Å²) in [6, 6.07) is 0. The van der Waals surface area contributed by atoms with Crippen molar-refractivity contribution in [3.8, 4) is 0 Å². The van der Waals surface area contributed by atoms with Gasteiger partial charge in [0.05, 0.1) is 13.2 Å². The van der Waals surface area contributed by atoms with Crippen molar-refractivity contribution in [2.24, 2.45) is 0 Å². The van der Waals surface area contributed by atoms with Crippen molar-refractivity contribution in [3.05, 3.63) is 0 Å². The maximum atomic E-state index is 10.6. The van der Waals surface area contributed by atoms with Crippen LogP contribution in [0.3, 0.4) is 0 Å². The van der Waals surface area contributed by atoms with Crippen molar-refractivity contribution >= 4 is 5.91 Å². The van der Waals surface area contributed by atoms with Gasteiger partial charge in [0, 0.05) is 20.2 Å². The largest absolute Gasteiger partial charge is 0.380 e. The summed E-state index contributed by atoms with van der Waals surface area (Å²) in [5.74, 6) is 0.00139. The zero-order chi connectivity index (χ0) is 8.53. The first-order valence-corrected chi connectivity index (χ1v) is 3.80. The van der Waals surface area contributed by atoms with Gasteiger partial charge in [-0.3, -0.25) is 4.79 Å². The van der Waals surface area contributed by atoms with Crippen molar-refractivity contribution in [2.75, 3.05) is 33.4 Å². The SMILES string of the molecule is CCOCCNCC(=O)NC. The van der Waals surface area contributed by atoms with E-state index in [1.54, 1.807) is 7.05 Å². The number of nitrogens with one attached hydrogen (secondary N) is 2. The number of hydrogen-bond acceptors (Lipinski definition) is 3. The quantitative estimate of drug-likeness (QED) is 0.508. The van der Waals surface area contributed by atoms with Crippen LogP contribution >= 0.6 is 0 Å². The van der Waals surface area contributed by atoms with Gasteiger partial charge in [-0.25, -0.2) is 0 Å². The summed E-state index contributed by atoms with van der Waals surface area (Å²) in [7, 11) is 1.62. The van der Waals surface area contributed by atoms with Crippen LogP contribution in [0.2, 0.25) is 0 Å². The number of rotatable bonds is 6. The predicted molar refractivity (Wildman–Crippen MR) is 43.4 cm³/mol. The first-order valence-electron chi connectivity index (χ1n) is 3.80. The molecular weight excluding hydrogens is 144 g/mol. The highest BCUT2D eigenvalue weighted by Gasteiger charge is 1.94. The van der Waals surface area contributed by atoms with E-state index in [9.17, 15) is 4.79 Å². The van der Waals surface area contributed by atoms with Gasteiger partial charge in [-0.05, 0) is 6.92 Å². The van der Waals surface area contributed by atoms with Crippen LogP contribution in [-0.2, 0) is 9.53 Å². The molecule has 4 heteroatoms. The third-order valence-corrected chi connectivity index (χ3v) is 1.19. The molecule has 0 fully saturated rings. The number of likely N-dealkylation sites (N-methyl/N-ethyl adjacent to an activating group) is 1. The second-order valence-electron chi connectivity index (χ2n) is 2.05. The van der Waals surface area contributed by atoms with Gasteiger partial charge < -0.3 is 15.4 Å². The van der Waals surface area contributed by atoms with E-state index < -0.39 is 0 Å². The number of carbonyl (C=O) groups excluding carboxylic acids is 1. The van der Waals surface area contributed by atoms with E-state index >= 15 is 0 Å². The molecule has 0 aromatic heterocycles. The Labute approximate surface area is 67.3 Å². The molecule has 1 amide bonds. The highest BCUT2D eigenvalue weighted by atomic mass is 16.5. The lowest BCUT2D eigenvalue weighted by Gasteiger charge is -2.02. The van der Waals surface area contributed by atoms with Crippen molar-refractivity contribution in [1.82, 2.24) is 10.6 Å². The van der Waals surface area contributed by atoms with E-state index in [1.807, 2.05) is 6.92 Å². The van der Waals surface area contributed by atoms with Crippen LogP contribution < -0.4 is 10.6 Å². The third-order valence-electron chi connectivity index (χ3n) is 1.19. The average Bonchev–Trinajstić information content (AvgIpc) is 2.04. The molecule has 11 heavy (non-hydrogen) atoms. The minimum Gasteiger partial charge on any atom is -0.380 e. The van der Waals surface area contributed by atoms with Gasteiger partial charge in [0.25, 0.3) is 0 Å². The van der Waals surface area contributed by atoms with Crippen LogP contribution in [0.5, 0.6) is 0 Å². The number of carbonyl (C=O) groups is 1. The van der Waals surface area contributed by atoms with Crippen LogP contribution in [0.15, 0.2) is 0 Å². The molecule has 0 aliphatic carbocycles. The van der Waals surface area contributed by atoms with E-state index in [0.29, 0.717) is 13.2 Å². The monoisotopic (exact) mass is 160 g/mol. The second-order valence-corrected chi connectivity index (χ2v) is 2.05. The van der Waals surface area contributed by atoms with Gasteiger partial charge in [-0.1, -0.05) is 0 Å².